The van der Waals surface area contributed by atoms with E-state index < -0.39 is 0 Å². The number of nitrogens with zero attached hydrogens (tertiary/aromatic N) is 5. The average molecular weight is 587 g/mol. The van der Waals surface area contributed by atoms with E-state index in [4.69, 9.17) is 16.8 Å². The number of carbonyl (C=O) groups is 2. The van der Waals surface area contributed by atoms with Crippen LogP contribution in [-0.2, 0) is 4.79 Å². The van der Waals surface area contributed by atoms with Crippen LogP contribution in [0.2, 0.25) is 5.02 Å². The summed E-state index contributed by atoms with van der Waals surface area (Å²) in [5.74, 6) is 1.55. The highest BCUT2D eigenvalue weighted by Crippen LogP contribution is 2.28. The molecule has 0 aliphatic carbocycles. The third kappa shape index (κ3) is 8.34. The Kier molecular flexibility index (Phi) is 10.6. The molecule has 3 aromatic rings. The number of unbranched alkanes of at least 4 members (excludes halogenated alkanes) is 3. The summed E-state index contributed by atoms with van der Waals surface area (Å²) in [5, 5.41) is 15.7. The predicted octanol–water partition coefficient (Wildman–Crippen LogP) is 4.78. The van der Waals surface area contributed by atoms with Crippen LogP contribution in [0.15, 0.2) is 30.5 Å². The summed E-state index contributed by atoms with van der Waals surface area (Å²) in [7, 11) is 0. The van der Waals surface area contributed by atoms with Gasteiger partial charge in [-0.25, -0.2) is 20.4 Å². The summed E-state index contributed by atoms with van der Waals surface area (Å²) in [6, 6.07) is 7.39. The van der Waals surface area contributed by atoms with E-state index in [0.29, 0.717) is 38.8 Å². The summed E-state index contributed by atoms with van der Waals surface area (Å²) in [6.07, 6.45) is 5.84. The van der Waals surface area contributed by atoms with Gasteiger partial charge in [-0.05, 0) is 44.9 Å². The van der Waals surface area contributed by atoms with E-state index in [-0.39, 0.29) is 11.8 Å². The van der Waals surface area contributed by atoms with Crippen molar-refractivity contribution in [2.24, 2.45) is 0 Å². The zero-order chi connectivity index (χ0) is 28.5. The second kappa shape index (κ2) is 14.4. The molecule has 4 N–H and O–H groups in total. The summed E-state index contributed by atoms with van der Waals surface area (Å²) in [4.78, 5) is 42.6. The van der Waals surface area contributed by atoms with Crippen molar-refractivity contribution in [2.75, 3.05) is 48.3 Å². The van der Waals surface area contributed by atoms with Gasteiger partial charge in [-0.1, -0.05) is 47.9 Å². The Hall–Kier alpha value is -3.32. The molecule has 11 nitrogen and oxygen atoms in total. The van der Waals surface area contributed by atoms with E-state index in [1.54, 1.807) is 11.5 Å². The van der Waals surface area contributed by atoms with Crippen molar-refractivity contribution >= 4 is 57.2 Å². The minimum absolute atomic E-state index is 0.270. The molecular weight excluding hydrogens is 552 g/mol. The SMILES string of the molecule is Cc1nc(Nc2ncc(C(=O)Nc3c(C)cccc3Cl)s2)cc(N2CCN(CCCCCCC(=O)NO)CC2)n1. The zero-order valence-corrected chi connectivity index (χ0v) is 24.3. The lowest BCUT2D eigenvalue weighted by molar-refractivity contribution is -0.129. The van der Waals surface area contributed by atoms with Crippen LogP contribution in [0.25, 0.3) is 0 Å². The van der Waals surface area contributed by atoms with Crippen LogP contribution in [-0.4, -0.2) is 69.6 Å². The number of hydroxylamine groups is 1. The fourth-order valence-corrected chi connectivity index (χ4v) is 5.51. The minimum Gasteiger partial charge on any atom is -0.354 e. The van der Waals surface area contributed by atoms with E-state index >= 15 is 0 Å². The number of aromatic nitrogens is 3. The highest BCUT2D eigenvalue weighted by Gasteiger charge is 2.19. The normalized spacial score (nSPS) is 13.8. The molecule has 1 aliphatic rings. The van der Waals surface area contributed by atoms with Crippen LogP contribution in [0.5, 0.6) is 0 Å². The van der Waals surface area contributed by atoms with E-state index in [0.717, 1.165) is 69.8 Å². The molecule has 3 heterocycles. The number of aryl methyl sites for hydroxylation is 2. The molecule has 1 fully saturated rings. The Morgan fingerprint density at radius 1 is 1.07 bits per heavy atom. The van der Waals surface area contributed by atoms with E-state index in [2.05, 4.69) is 35.4 Å². The number of piperazine rings is 1. The molecular formula is C27H35ClN8O3S. The highest BCUT2D eigenvalue weighted by molar-refractivity contribution is 7.17. The lowest BCUT2D eigenvalue weighted by atomic mass is 10.1. The highest BCUT2D eigenvalue weighted by atomic mass is 35.5. The van der Waals surface area contributed by atoms with Crippen LogP contribution >= 0.6 is 22.9 Å². The molecule has 0 spiro atoms. The number of carbonyl (C=O) groups excluding carboxylic acids is 2. The maximum Gasteiger partial charge on any atom is 0.267 e. The fraction of sp³-hybridized carbons (Fsp3) is 0.444. The Morgan fingerprint density at radius 3 is 2.60 bits per heavy atom. The number of hydrogen-bond donors (Lipinski definition) is 4. The van der Waals surface area contributed by atoms with Gasteiger partial charge in [-0.15, -0.1) is 0 Å². The summed E-state index contributed by atoms with van der Waals surface area (Å²) in [6.45, 7) is 8.44. The molecule has 0 atom stereocenters. The number of amides is 2. The monoisotopic (exact) mass is 586 g/mol. The van der Waals surface area contributed by atoms with E-state index in [1.165, 1.54) is 17.5 Å². The quantitative estimate of drug-likeness (QED) is 0.134. The van der Waals surface area contributed by atoms with Crippen LogP contribution in [0, 0.1) is 13.8 Å². The zero-order valence-electron chi connectivity index (χ0n) is 22.7. The first kappa shape index (κ1) is 29.7. The summed E-state index contributed by atoms with van der Waals surface area (Å²) in [5.41, 5.74) is 3.15. The van der Waals surface area contributed by atoms with E-state index in [9.17, 15) is 9.59 Å². The number of anilines is 4. The molecule has 1 aliphatic heterocycles. The van der Waals surface area contributed by atoms with Gasteiger partial charge >= 0.3 is 0 Å². The first-order valence-electron chi connectivity index (χ1n) is 13.4. The Balaban J connectivity index is 1.27. The van der Waals surface area contributed by atoms with Crippen molar-refractivity contribution in [3.8, 4) is 0 Å². The van der Waals surface area contributed by atoms with Gasteiger partial charge in [0.25, 0.3) is 5.91 Å². The maximum atomic E-state index is 12.8. The molecule has 214 valence electrons. The van der Waals surface area contributed by atoms with E-state index in [1.807, 2.05) is 32.0 Å². The predicted molar refractivity (Wildman–Crippen MR) is 158 cm³/mol. The van der Waals surface area contributed by atoms with Gasteiger partial charge in [0.15, 0.2) is 5.13 Å². The Morgan fingerprint density at radius 2 is 1.85 bits per heavy atom. The van der Waals surface area contributed by atoms with Crippen LogP contribution in [0.1, 0.15) is 53.2 Å². The lowest BCUT2D eigenvalue weighted by Gasteiger charge is -2.35. The number of nitrogens with one attached hydrogen (secondary N) is 3. The Labute approximate surface area is 242 Å². The van der Waals surface area contributed by atoms with Gasteiger partial charge in [0.1, 0.15) is 22.3 Å². The molecule has 13 heteroatoms. The molecule has 0 saturated carbocycles. The molecule has 0 unspecified atom stereocenters. The number of rotatable bonds is 12. The standard InChI is InChI=1S/C27H35ClN8O3S/c1-18-8-7-9-20(28)25(18)33-26(38)21-17-29-27(40-21)32-22-16-23(31-19(2)30-22)36-14-12-35(13-15-36)11-6-4-3-5-10-24(37)34-39/h7-9,16-17,39H,3-6,10-15H2,1-2H3,(H,33,38)(H,34,37)(H,29,30,31,32). The van der Waals surface area contributed by atoms with Gasteiger partial charge in [-0.3, -0.25) is 19.7 Å². The fourth-order valence-electron chi connectivity index (χ4n) is 4.52. The van der Waals surface area contributed by atoms with Crippen molar-refractivity contribution in [2.45, 2.75) is 46.0 Å². The van der Waals surface area contributed by atoms with Gasteiger partial charge < -0.3 is 15.5 Å². The molecule has 2 aromatic heterocycles. The maximum absolute atomic E-state index is 12.8. The van der Waals surface area contributed by atoms with Crippen molar-refractivity contribution < 1.29 is 14.8 Å². The number of benzene rings is 1. The Bertz CT molecular complexity index is 1290. The smallest absolute Gasteiger partial charge is 0.267 e. The largest absolute Gasteiger partial charge is 0.354 e. The average Bonchev–Trinajstić information content (AvgIpc) is 3.41. The third-order valence-electron chi connectivity index (χ3n) is 6.70. The minimum atomic E-state index is -0.321. The van der Waals surface area contributed by atoms with Crippen LogP contribution in [0.3, 0.4) is 0 Å². The molecule has 1 aromatic carbocycles. The van der Waals surface area contributed by atoms with Crippen molar-refractivity contribution in [1.29, 1.82) is 0 Å². The lowest BCUT2D eigenvalue weighted by Crippen LogP contribution is -2.47. The van der Waals surface area contributed by atoms with Crippen molar-refractivity contribution in [3.63, 3.8) is 0 Å². The topological polar surface area (TPSA) is 136 Å². The van der Waals surface area contributed by atoms with Crippen molar-refractivity contribution in [1.82, 2.24) is 25.3 Å². The van der Waals surface area contributed by atoms with Crippen molar-refractivity contribution in [3.05, 3.63) is 51.7 Å². The molecule has 2 amide bonds. The van der Waals surface area contributed by atoms with Gasteiger partial charge in [0.05, 0.1) is 16.9 Å². The second-order valence-corrected chi connectivity index (χ2v) is 11.2. The molecule has 4 rings (SSSR count). The number of para-hydroxylation sites is 1. The van der Waals surface area contributed by atoms with Crippen LogP contribution in [0.4, 0.5) is 22.5 Å². The number of thiazole rings is 1. The van der Waals surface area contributed by atoms with Gasteiger partial charge in [0.2, 0.25) is 5.91 Å². The van der Waals surface area contributed by atoms with Crippen LogP contribution < -0.4 is 21.0 Å². The summed E-state index contributed by atoms with van der Waals surface area (Å²) >= 11 is 7.49. The van der Waals surface area contributed by atoms with Gasteiger partial charge in [-0.2, -0.15) is 0 Å². The molecule has 0 bridgehead atoms. The number of halogens is 1. The molecule has 0 radical (unpaired) electrons. The molecule has 40 heavy (non-hydrogen) atoms. The van der Waals surface area contributed by atoms with Gasteiger partial charge in [0, 0.05) is 38.7 Å². The third-order valence-corrected chi connectivity index (χ3v) is 7.93. The summed E-state index contributed by atoms with van der Waals surface area (Å²) < 4.78 is 0. The first-order chi connectivity index (χ1) is 19.3. The first-order valence-corrected chi connectivity index (χ1v) is 14.6. The molecule has 1 saturated heterocycles. The second-order valence-electron chi connectivity index (χ2n) is 9.73. The number of hydrogen-bond acceptors (Lipinski definition) is 10.